The first kappa shape index (κ1) is 17.8. The van der Waals surface area contributed by atoms with E-state index in [0.717, 1.165) is 11.8 Å². The van der Waals surface area contributed by atoms with Crippen LogP contribution in [0.2, 0.25) is 5.02 Å². The Morgan fingerprint density at radius 2 is 2.05 bits per heavy atom. The number of aliphatic hydroxyl groups is 2. The van der Waals surface area contributed by atoms with Gasteiger partial charge in [-0.1, -0.05) is 29.4 Å². The molecule has 1 rings (SSSR count). The SMILES string of the molecule is CC(=O)SCC(O)C(O)c1ccc(Cl)cc1OCC(=O)O. The minimum absolute atomic E-state index is 0.0114. The summed E-state index contributed by atoms with van der Waals surface area (Å²) < 4.78 is 5.05. The molecule has 2 unspecified atom stereocenters. The Kier molecular flexibility index (Phi) is 6.97. The maximum absolute atomic E-state index is 10.9. The van der Waals surface area contributed by atoms with Crippen molar-refractivity contribution in [3.63, 3.8) is 0 Å². The Labute approximate surface area is 130 Å². The largest absolute Gasteiger partial charge is 0.481 e. The van der Waals surface area contributed by atoms with Crippen molar-refractivity contribution >= 4 is 34.4 Å². The van der Waals surface area contributed by atoms with E-state index in [-0.39, 0.29) is 22.2 Å². The van der Waals surface area contributed by atoms with Crippen molar-refractivity contribution in [2.75, 3.05) is 12.4 Å². The number of halogens is 1. The van der Waals surface area contributed by atoms with Gasteiger partial charge in [0.1, 0.15) is 11.9 Å². The molecule has 0 aliphatic rings. The van der Waals surface area contributed by atoms with E-state index in [2.05, 4.69) is 0 Å². The second-order valence-corrected chi connectivity index (χ2v) is 5.81. The van der Waals surface area contributed by atoms with E-state index in [0.29, 0.717) is 5.02 Å². The third-order valence-corrected chi connectivity index (χ3v) is 3.62. The van der Waals surface area contributed by atoms with Crippen molar-refractivity contribution in [1.29, 1.82) is 0 Å². The highest BCUT2D eigenvalue weighted by atomic mass is 35.5. The Hall–Kier alpha value is -1.28. The zero-order chi connectivity index (χ0) is 16.0. The summed E-state index contributed by atoms with van der Waals surface area (Å²) in [6, 6.07) is 4.28. The minimum atomic E-state index is -1.32. The smallest absolute Gasteiger partial charge is 0.341 e. The summed E-state index contributed by atoms with van der Waals surface area (Å²) in [5.41, 5.74) is 0.206. The average molecular weight is 335 g/mol. The maximum atomic E-state index is 10.9. The molecule has 3 N–H and O–H groups in total. The second kappa shape index (κ2) is 8.23. The van der Waals surface area contributed by atoms with Gasteiger partial charge in [0, 0.05) is 23.3 Å². The average Bonchev–Trinajstić information content (AvgIpc) is 2.41. The summed E-state index contributed by atoms with van der Waals surface area (Å²) in [5.74, 6) is -1.09. The fourth-order valence-corrected chi connectivity index (χ4v) is 2.27. The van der Waals surface area contributed by atoms with Crippen LogP contribution in [-0.4, -0.2) is 44.9 Å². The van der Waals surface area contributed by atoms with Gasteiger partial charge >= 0.3 is 5.97 Å². The summed E-state index contributed by atoms with van der Waals surface area (Å²) in [5, 5.41) is 28.7. The summed E-state index contributed by atoms with van der Waals surface area (Å²) >= 11 is 6.68. The Morgan fingerprint density at radius 1 is 1.38 bits per heavy atom. The molecule has 0 saturated carbocycles. The zero-order valence-electron chi connectivity index (χ0n) is 11.2. The molecule has 116 valence electrons. The number of carbonyl (C=O) groups excluding carboxylic acids is 1. The van der Waals surface area contributed by atoms with Gasteiger partial charge in [-0.25, -0.2) is 4.79 Å². The van der Waals surface area contributed by atoms with E-state index >= 15 is 0 Å². The van der Waals surface area contributed by atoms with Crippen molar-refractivity contribution in [2.24, 2.45) is 0 Å². The number of carboxylic acids is 1. The molecule has 0 amide bonds. The van der Waals surface area contributed by atoms with Crippen LogP contribution in [0.15, 0.2) is 18.2 Å². The van der Waals surface area contributed by atoms with Crippen molar-refractivity contribution in [2.45, 2.75) is 19.1 Å². The molecular formula is C13H15ClO6S. The Balaban J connectivity index is 2.88. The topological polar surface area (TPSA) is 104 Å². The third kappa shape index (κ3) is 5.92. The van der Waals surface area contributed by atoms with Gasteiger partial charge < -0.3 is 20.1 Å². The van der Waals surface area contributed by atoms with Gasteiger partial charge in [-0.2, -0.15) is 0 Å². The number of thioether (sulfide) groups is 1. The van der Waals surface area contributed by atoms with E-state index < -0.39 is 24.8 Å². The van der Waals surface area contributed by atoms with Gasteiger partial charge in [0.05, 0.1) is 6.10 Å². The first-order valence-electron chi connectivity index (χ1n) is 5.94. The molecule has 0 aliphatic heterocycles. The lowest BCUT2D eigenvalue weighted by molar-refractivity contribution is -0.139. The highest BCUT2D eigenvalue weighted by molar-refractivity contribution is 8.13. The lowest BCUT2D eigenvalue weighted by Gasteiger charge is -2.20. The number of hydrogen-bond donors (Lipinski definition) is 3. The highest BCUT2D eigenvalue weighted by Crippen LogP contribution is 2.31. The fourth-order valence-electron chi connectivity index (χ4n) is 1.52. The van der Waals surface area contributed by atoms with E-state index in [9.17, 15) is 19.8 Å². The molecule has 0 aromatic heterocycles. The van der Waals surface area contributed by atoms with E-state index in [1.165, 1.54) is 25.1 Å². The molecule has 0 aliphatic carbocycles. The van der Waals surface area contributed by atoms with Crippen LogP contribution in [0, 0.1) is 0 Å². The molecule has 2 atom stereocenters. The van der Waals surface area contributed by atoms with Crippen LogP contribution in [0.5, 0.6) is 5.75 Å². The van der Waals surface area contributed by atoms with Crippen LogP contribution in [0.1, 0.15) is 18.6 Å². The molecule has 0 fully saturated rings. The summed E-state index contributed by atoms with van der Waals surface area (Å²) in [4.78, 5) is 21.4. The van der Waals surface area contributed by atoms with Crippen LogP contribution in [0.25, 0.3) is 0 Å². The molecule has 0 radical (unpaired) electrons. The predicted molar refractivity (Wildman–Crippen MR) is 78.7 cm³/mol. The monoisotopic (exact) mass is 334 g/mol. The van der Waals surface area contributed by atoms with Crippen molar-refractivity contribution in [3.05, 3.63) is 28.8 Å². The molecule has 0 bridgehead atoms. The standard InChI is InChI=1S/C13H15ClO6S/c1-7(15)21-6-10(16)13(19)9-3-2-8(14)4-11(9)20-5-12(17)18/h2-4,10,13,16,19H,5-6H2,1H3,(H,17,18). The quantitative estimate of drug-likeness (QED) is 0.693. The zero-order valence-corrected chi connectivity index (χ0v) is 12.7. The molecule has 1 aromatic rings. The highest BCUT2D eigenvalue weighted by Gasteiger charge is 2.23. The van der Waals surface area contributed by atoms with Crippen molar-refractivity contribution in [3.8, 4) is 5.75 Å². The minimum Gasteiger partial charge on any atom is -0.481 e. The second-order valence-electron chi connectivity index (χ2n) is 4.18. The number of aliphatic carboxylic acids is 1. The van der Waals surface area contributed by atoms with Crippen molar-refractivity contribution < 1.29 is 29.6 Å². The number of ether oxygens (including phenoxy) is 1. The molecule has 0 heterocycles. The molecule has 8 heteroatoms. The van der Waals surface area contributed by atoms with Gasteiger partial charge in [-0.15, -0.1) is 0 Å². The number of rotatable bonds is 7. The van der Waals surface area contributed by atoms with Crippen molar-refractivity contribution in [1.82, 2.24) is 0 Å². The van der Waals surface area contributed by atoms with Crippen LogP contribution in [-0.2, 0) is 9.59 Å². The Morgan fingerprint density at radius 3 is 2.62 bits per heavy atom. The molecule has 1 aromatic carbocycles. The first-order valence-corrected chi connectivity index (χ1v) is 7.31. The van der Waals surface area contributed by atoms with Gasteiger partial charge in [0.25, 0.3) is 0 Å². The van der Waals surface area contributed by atoms with E-state index in [1.54, 1.807) is 0 Å². The molecule has 0 spiro atoms. The van der Waals surface area contributed by atoms with E-state index in [4.69, 9.17) is 21.4 Å². The van der Waals surface area contributed by atoms with Gasteiger partial charge in [-0.05, 0) is 12.1 Å². The lowest BCUT2D eigenvalue weighted by atomic mass is 10.0. The number of aliphatic hydroxyl groups excluding tert-OH is 2. The van der Waals surface area contributed by atoms with E-state index in [1.807, 2.05) is 0 Å². The lowest BCUT2D eigenvalue weighted by Crippen LogP contribution is -2.22. The van der Waals surface area contributed by atoms with Gasteiger partial charge in [0.15, 0.2) is 11.7 Å². The van der Waals surface area contributed by atoms with Crippen LogP contribution in [0.3, 0.4) is 0 Å². The molecular weight excluding hydrogens is 320 g/mol. The number of hydrogen-bond acceptors (Lipinski definition) is 6. The Bertz CT molecular complexity index is 521. The number of carbonyl (C=O) groups is 2. The molecule has 6 nitrogen and oxygen atoms in total. The molecule has 0 saturated heterocycles. The first-order chi connectivity index (χ1) is 9.81. The number of carboxylic acid groups (broad SMARTS) is 1. The van der Waals surface area contributed by atoms with Crippen LogP contribution >= 0.6 is 23.4 Å². The predicted octanol–water partition coefficient (Wildman–Crippen LogP) is 1.48. The van der Waals surface area contributed by atoms with Crippen LogP contribution < -0.4 is 4.74 Å². The summed E-state index contributed by atoms with van der Waals surface area (Å²) in [6.07, 6.45) is -2.52. The third-order valence-electron chi connectivity index (χ3n) is 2.47. The fraction of sp³-hybridized carbons (Fsp3) is 0.385. The van der Waals surface area contributed by atoms with Gasteiger partial charge in [0.2, 0.25) is 0 Å². The van der Waals surface area contributed by atoms with Gasteiger partial charge in [-0.3, -0.25) is 4.79 Å². The number of benzene rings is 1. The van der Waals surface area contributed by atoms with Crippen LogP contribution in [0.4, 0.5) is 0 Å². The summed E-state index contributed by atoms with van der Waals surface area (Å²) in [7, 11) is 0. The summed E-state index contributed by atoms with van der Waals surface area (Å²) in [6.45, 7) is 0.756. The maximum Gasteiger partial charge on any atom is 0.341 e. The molecule has 21 heavy (non-hydrogen) atoms. The normalized spacial score (nSPS) is 13.5.